The van der Waals surface area contributed by atoms with E-state index in [0.717, 1.165) is 0 Å². The van der Waals surface area contributed by atoms with Gasteiger partial charge in [-0.2, -0.15) is 0 Å². The maximum atomic E-state index is 2.18. The average Bonchev–Trinajstić information content (AvgIpc) is 2.29. The molecule has 1 heteroatoms. The van der Waals surface area contributed by atoms with Crippen LogP contribution in [-0.4, -0.2) is 0 Å². The molecule has 0 atom stereocenters. The first-order chi connectivity index (χ1) is 6.95. The van der Waals surface area contributed by atoms with E-state index in [2.05, 4.69) is 60.7 Å². The molecule has 0 radical (unpaired) electrons. The predicted molar refractivity (Wildman–Crippen MR) is 62.6 cm³/mol. The number of hydrogen-bond acceptors (Lipinski definition) is 0. The third kappa shape index (κ3) is 2.03. The molecule has 68 valence electrons. The van der Waals surface area contributed by atoms with Crippen molar-refractivity contribution in [2.75, 3.05) is 0 Å². The van der Waals surface area contributed by atoms with Crippen molar-refractivity contribution in [3.8, 4) is 0 Å². The molecule has 0 nitrogen and oxygen atoms in total. The van der Waals surface area contributed by atoms with Crippen molar-refractivity contribution in [1.82, 2.24) is 0 Å². The minimum absolute atomic E-state index is 0. The molecule has 3 rings (SSSR count). The fraction of sp³-hybridized carbons (Fsp3) is 0. The molecule has 0 N–H and O–H groups in total. The van der Waals surface area contributed by atoms with Crippen LogP contribution in [0.25, 0.3) is 21.5 Å². The molecule has 0 aliphatic carbocycles. The molecule has 0 unspecified atom stereocenters. The van der Waals surface area contributed by atoms with Crippen molar-refractivity contribution in [1.29, 1.82) is 0 Å². The molecule has 0 aliphatic heterocycles. The van der Waals surface area contributed by atoms with E-state index in [1.807, 2.05) is 0 Å². The van der Waals surface area contributed by atoms with Gasteiger partial charge in [-0.1, -0.05) is 60.7 Å². The zero-order valence-corrected chi connectivity index (χ0v) is 11.9. The molecule has 0 saturated heterocycles. The van der Waals surface area contributed by atoms with Gasteiger partial charge in [0.25, 0.3) is 0 Å². The van der Waals surface area contributed by atoms with Gasteiger partial charge in [-0.3, -0.25) is 0 Å². The van der Waals surface area contributed by atoms with Crippen LogP contribution in [0.4, 0.5) is 0 Å². The Morgan fingerprint density at radius 2 is 0.933 bits per heavy atom. The minimum Gasteiger partial charge on any atom is -1.00 e. The Kier molecular flexibility index (Phi) is 3.59. The third-order valence-electron chi connectivity index (χ3n) is 2.65. The fourth-order valence-corrected chi connectivity index (χ4v) is 1.95. The molecule has 0 saturated carbocycles. The molecule has 0 amide bonds. The van der Waals surface area contributed by atoms with Gasteiger partial charge >= 0.3 is 51.4 Å². The Hall–Kier alpha value is -0.184. The van der Waals surface area contributed by atoms with Crippen LogP contribution in [0, 0.1) is 0 Å². The van der Waals surface area contributed by atoms with E-state index < -0.39 is 0 Å². The molecule has 0 spiro atoms. The second kappa shape index (κ2) is 4.77. The standard InChI is InChI=1S/C14H10.K.H/c1-3-7-13-11(5-1)9-10-12-6-2-4-8-14(12)13;;/h1-10H;;/q;+1;-1. The second-order valence-corrected chi connectivity index (χ2v) is 3.51. The average molecular weight is 218 g/mol. The molecule has 0 fully saturated rings. The molecule has 3 aromatic rings. The van der Waals surface area contributed by atoms with Gasteiger partial charge in [0.15, 0.2) is 0 Å². The fourth-order valence-electron chi connectivity index (χ4n) is 1.95. The first-order valence-corrected chi connectivity index (χ1v) is 4.82. The van der Waals surface area contributed by atoms with Crippen LogP contribution >= 0.6 is 0 Å². The van der Waals surface area contributed by atoms with E-state index in [1.165, 1.54) is 21.5 Å². The molecular weight excluding hydrogens is 207 g/mol. The van der Waals surface area contributed by atoms with Crippen molar-refractivity contribution in [2.24, 2.45) is 0 Å². The zero-order chi connectivity index (χ0) is 9.38. The van der Waals surface area contributed by atoms with E-state index in [-0.39, 0.29) is 52.8 Å². The Balaban J connectivity index is 0.000000640. The molecule has 0 heterocycles. The Labute approximate surface area is 133 Å². The van der Waals surface area contributed by atoms with E-state index in [1.54, 1.807) is 0 Å². The van der Waals surface area contributed by atoms with Crippen molar-refractivity contribution < 1.29 is 52.8 Å². The molecule has 0 aromatic heterocycles. The molecule has 15 heavy (non-hydrogen) atoms. The summed E-state index contributed by atoms with van der Waals surface area (Å²) in [5, 5.41) is 5.30. The second-order valence-electron chi connectivity index (χ2n) is 3.51. The summed E-state index contributed by atoms with van der Waals surface area (Å²) in [5.41, 5.74) is 0. The van der Waals surface area contributed by atoms with Gasteiger partial charge in [-0.05, 0) is 21.5 Å². The molecule has 0 bridgehead atoms. The van der Waals surface area contributed by atoms with Gasteiger partial charge in [0.2, 0.25) is 0 Å². The topological polar surface area (TPSA) is 0 Å². The van der Waals surface area contributed by atoms with E-state index in [9.17, 15) is 0 Å². The predicted octanol–water partition coefficient (Wildman–Crippen LogP) is 1.11. The third-order valence-corrected chi connectivity index (χ3v) is 2.65. The summed E-state index contributed by atoms with van der Waals surface area (Å²) in [6.45, 7) is 0. The quantitative estimate of drug-likeness (QED) is 0.392. The normalized spacial score (nSPS) is 10.1. The van der Waals surface area contributed by atoms with Gasteiger partial charge < -0.3 is 1.43 Å². The smallest absolute Gasteiger partial charge is 1.00 e. The largest absolute Gasteiger partial charge is 1.00 e. The van der Waals surface area contributed by atoms with Crippen molar-refractivity contribution >= 4 is 21.5 Å². The molecular formula is C14H11K. The van der Waals surface area contributed by atoms with E-state index >= 15 is 0 Å². The SMILES string of the molecule is [H-].[K+].c1ccc2c(c1)ccc1ccccc12. The van der Waals surface area contributed by atoms with Crippen LogP contribution in [0.5, 0.6) is 0 Å². The van der Waals surface area contributed by atoms with Gasteiger partial charge in [-0.15, -0.1) is 0 Å². The summed E-state index contributed by atoms with van der Waals surface area (Å²) >= 11 is 0. The van der Waals surface area contributed by atoms with Crippen LogP contribution in [0.2, 0.25) is 0 Å². The van der Waals surface area contributed by atoms with E-state index in [4.69, 9.17) is 0 Å². The number of benzene rings is 3. The van der Waals surface area contributed by atoms with E-state index in [0.29, 0.717) is 0 Å². The summed E-state index contributed by atoms with van der Waals surface area (Å²) in [5.74, 6) is 0. The maximum absolute atomic E-state index is 2.18. The van der Waals surface area contributed by atoms with Crippen molar-refractivity contribution in [3.05, 3.63) is 60.7 Å². The first kappa shape index (κ1) is 11.3. The van der Waals surface area contributed by atoms with Crippen LogP contribution in [0.3, 0.4) is 0 Å². The van der Waals surface area contributed by atoms with Crippen LogP contribution in [0.1, 0.15) is 1.43 Å². The Bertz CT molecular complexity index is 550. The Morgan fingerprint density at radius 1 is 0.533 bits per heavy atom. The molecule has 3 aromatic carbocycles. The monoisotopic (exact) mass is 218 g/mol. The molecule has 0 aliphatic rings. The van der Waals surface area contributed by atoms with Crippen molar-refractivity contribution in [2.45, 2.75) is 0 Å². The first-order valence-electron chi connectivity index (χ1n) is 4.82. The van der Waals surface area contributed by atoms with Gasteiger partial charge in [0.1, 0.15) is 0 Å². The minimum atomic E-state index is 0. The number of rotatable bonds is 0. The van der Waals surface area contributed by atoms with Crippen molar-refractivity contribution in [3.63, 3.8) is 0 Å². The summed E-state index contributed by atoms with van der Waals surface area (Å²) in [4.78, 5) is 0. The summed E-state index contributed by atoms with van der Waals surface area (Å²) in [6.07, 6.45) is 0. The van der Waals surface area contributed by atoms with Gasteiger partial charge in [-0.25, -0.2) is 0 Å². The van der Waals surface area contributed by atoms with Crippen LogP contribution in [0.15, 0.2) is 60.7 Å². The maximum Gasteiger partial charge on any atom is 1.00 e. The summed E-state index contributed by atoms with van der Waals surface area (Å²) in [6, 6.07) is 21.4. The summed E-state index contributed by atoms with van der Waals surface area (Å²) in [7, 11) is 0. The van der Waals surface area contributed by atoms with Gasteiger partial charge in [0.05, 0.1) is 0 Å². The van der Waals surface area contributed by atoms with Crippen LogP contribution < -0.4 is 51.4 Å². The number of hydrogen-bond donors (Lipinski definition) is 0. The zero-order valence-electron chi connectivity index (χ0n) is 9.77. The Morgan fingerprint density at radius 3 is 1.40 bits per heavy atom. The number of fused-ring (bicyclic) bond motifs is 3. The van der Waals surface area contributed by atoms with Crippen LogP contribution in [-0.2, 0) is 0 Å². The van der Waals surface area contributed by atoms with Gasteiger partial charge in [0, 0.05) is 0 Å². The summed E-state index contributed by atoms with van der Waals surface area (Å²) < 4.78 is 0.